The number of nitrogens with one attached hydrogen (secondary N) is 1. The van der Waals surface area contributed by atoms with Crippen molar-refractivity contribution in [2.75, 3.05) is 33.8 Å². The normalized spacial score (nSPS) is 13.8. The van der Waals surface area contributed by atoms with Crippen molar-refractivity contribution in [1.82, 2.24) is 10.2 Å². The van der Waals surface area contributed by atoms with E-state index in [2.05, 4.69) is 31.0 Å². The molecule has 0 saturated heterocycles. The fourth-order valence-electron chi connectivity index (χ4n) is 1.56. The van der Waals surface area contributed by atoms with E-state index in [1.54, 1.807) is 0 Å². The highest BCUT2D eigenvalue weighted by atomic mass is 16.5. The minimum Gasteiger partial charge on any atom is -0.465 e. The van der Waals surface area contributed by atoms with Gasteiger partial charge >= 0.3 is 5.97 Å². The Hall–Kier alpha value is -0.610. The Bertz CT molecular complexity index is 222. The van der Waals surface area contributed by atoms with Gasteiger partial charge in [0.1, 0.15) is 6.04 Å². The number of rotatable bonds is 7. The van der Waals surface area contributed by atoms with Crippen LogP contribution >= 0.6 is 0 Å². The maximum absolute atomic E-state index is 11.8. The zero-order valence-corrected chi connectivity index (χ0v) is 12.2. The first-order chi connectivity index (χ1) is 7.76. The smallest absolute Gasteiger partial charge is 0.323 e. The Balaban J connectivity index is 4.25. The standard InChI is InChI=1S/C13H28N2O2/c1-7-17-12(16)11(10-13(2,3)4)14-8-9-15(5)6/h11,14H,7-10H2,1-6H3. The fraction of sp³-hybridized carbons (Fsp3) is 0.923. The van der Waals surface area contributed by atoms with E-state index in [0.717, 1.165) is 19.5 Å². The summed E-state index contributed by atoms with van der Waals surface area (Å²) in [7, 11) is 4.04. The van der Waals surface area contributed by atoms with Crippen molar-refractivity contribution < 1.29 is 9.53 Å². The number of carbonyl (C=O) groups is 1. The summed E-state index contributed by atoms with van der Waals surface area (Å²) in [5.74, 6) is -0.138. The summed E-state index contributed by atoms with van der Waals surface area (Å²) in [6.07, 6.45) is 0.791. The van der Waals surface area contributed by atoms with Crippen LogP contribution < -0.4 is 5.32 Å². The lowest BCUT2D eigenvalue weighted by Gasteiger charge is -2.26. The Morgan fingerprint density at radius 3 is 2.35 bits per heavy atom. The van der Waals surface area contributed by atoms with Crippen molar-refractivity contribution in [3.63, 3.8) is 0 Å². The molecule has 0 aromatic heterocycles. The molecule has 0 amide bonds. The second kappa shape index (κ2) is 7.67. The first kappa shape index (κ1) is 16.4. The van der Waals surface area contributed by atoms with E-state index in [9.17, 15) is 4.79 Å². The predicted molar refractivity (Wildman–Crippen MR) is 71.0 cm³/mol. The van der Waals surface area contributed by atoms with Gasteiger partial charge in [-0.25, -0.2) is 0 Å². The highest BCUT2D eigenvalue weighted by molar-refractivity contribution is 5.75. The van der Waals surface area contributed by atoms with E-state index in [0.29, 0.717) is 6.61 Å². The van der Waals surface area contributed by atoms with Gasteiger partial charge in [0.15, 0.2) is 0 Å². The van der Waals surface area contributed by atoms with Gasteiger partial charge < -0.3 is 15.0 Å². The zero-order valence-electron chi connectivity index (χ0n) is 12.2. The molecule has 0 aliphatic rings. The molecule has 102 valence electrons. The van der Waals surface area contributed by atoms with Crippen molar-refractivity contribution in [3.8, 4) is 0 Å². The van der Waals surface area contributed by atoms with Gasteiger partial charge in [0.25, 0.3) is 0 Å². The molecule has 4 nitrogen and oxygen atoms in total. The van der Waals surface area contributed by atoms with Gasteiger partial charge in [-0.15, -0.1) is 0 Å². The van der Waals surface area contributed by atoms with Gasteiger partial charge in [0.2, 0.25) is 0 Å². The van der Waals surface area contributed by atoms with Crippen molar-refractivity contribution in [3.05, 3.63) is 0 Å². The Labute approximate surface area is 106 Å². The van der Waals surface area contributed by atoms with Crippen LogP contribution in [0.25, 0.3) is 0 Å². The topological polar surface area (TPSA) is 41.6 Å². The van der Waals surface area contributed by atoms with Crippen LogP contribution in [0.4, 0.5) is 0 Å². The summed E-state index contributed by atoms with van der Waals surface area (Å²) in [5.41, 5.74) is 0.114. The molecule has 1 unspecified atom stereocenters. The molecule has 4 heteroatoms. The van der Waals surface area contributed by atoms with Crippen LogP contribution in [0.2, 0.25) is 0 Å². The number of esters is 1. The molecule has 1 atom stereocenters. The summed E-state index contributed by atoms with van der Waals surface area (Å²) in [4.78, 5) is 13.9. The third-order valence-electron chi connectivity index (χ3n) is 2.34. The van der Waals surface area contributed by atoms with Crippen LogP contribution in [0.5, 0.6) is 0 Å². The Morgan fingerprint density at radius 1 is 1.35 bits per heavy atom. The van der Waals surface area contributed by atoms with Crippen molar-refractivity contribution in [2.24, 2.45) is 5.41 Å². The summed E-state index contributed by atoms with van der Waals surface area (Å²) >= 11 is 0. The van der Waals surface area contributed by atoms with Crippen LogP contribution in [0.1, 0.15) is 34.1 Å². The van der Waals surface area contributed by atoms with Crippen LogP contribution in [0, 0.1) is 5.41 Å². The van der Waals surface area contributed by atoms with Gasteiger partial charge in [0.05, 0.1) is 6.61 Å². The van der Waals surface area contributed by atoms with Gasteiger partial charge in [-0.1, -0.05) is 20.8 Å². The molecule has 0 aliphatic heterocycles. The van der Waals surface area contributed by atoms with Crippen LogP contribution in [0.3, 0.4) is 0 Å². The van der Waals surface area contributed by atoms with Crippen molar-refractivity contribution in [2.45, 2.75) is 40.2 Å². The molecule has 0 aliphatic carbocycles. The largest absolute Gasteiger partial charge is 0.465 e. The average Bonchev–Trinajstić information content (AvgIpc) is 2.14. The molecule has 0 fully saturated rings. The highest BCUT2D eigenvalue weighted by Crippen LogP contribution is 2.21. The fourth-order valence-corrected chi connectivity index (χ4v) is 1.56. The number of hydrogen-bond acceptors (Lipinski definition) is 4. The molecule has 17 heavy (non-hydrogen) atoms. The first-order valence-electron chi connectivity index (χ1n) is 6.31. The summed E-state index contributed by atoms with van der Waals surface area (Å²) in [5, 5.41) is 3.28. The molecule has 1 N–H and O–H groups in total. The average molecular weight is 244 g/mol. The van der Waals surface area contributed by atoms with Crippen LogP contribution in [0.15, 0.2) is 0 Å². The minimum absolute atomic E-state index is 0.114. The lowest BCUT2D eigenvalue weighted by molar-refractivity contribution is -0.146. The summed E-state index contributed by atoms with van der Waals surface area (Å²) < 4.78 is 5.09. The van der Waals surface area contributed by atoms with Crippen molar-refractivity contribution in [1.29, 1.82) is 0 Å². The van der Waals surface area contributed by atoms with Gasteiger partial charge in [-0.3, -0.25) is 4.79 Å². The number of ether oxygens (including phenoxy) is 1. The second-order valence-corrected chi connectivity index (χ2v) is 5.83. The van der Waals surface area contributed by atoms with Crippen molar-refractivity contribution >= 4 is 5.97 Å². The molecule has 0 aromatic carbocycles. The van der Waals surface area contributed by atoms with E-state index < -0.39 is 0 Å². The maximum atomic E-state index is 11.8. The number of nitrogens with zero attached hydrogens (tertiary/aromatic N) is 1. The predicted octanol–water partition coefficient (Wildman–Crippen LogP) is 1.51. The van der Waals surface area contributed by atoms with Crippen LogP contribution in [-0.2, 0) is 9.53 Å². The molecule has 0 rings (SSSR count). The molecule has 0 aromatic rings. The summed E-state index contributed by atoms with van der Waals surface area (Å²) in [6.45, 7) is 10.4. The minimum atomic E-state index is -0.199. The molecule has 0 bridgehead atoms. The Kier molecular flexibility index (Phi) is 7.39. The van der Waals surface area contributed by atoms with E-state index in [1.165, 1.54) is 0 Å². The van der Waals surface area contributed by atoms with E-state index >= 15 is 0 Å². The highest BCUT2D eigenvalue weighted by Gasteiger charge is 2.25. The molecular weight excluding hydrogens is 216 g/mol. The maximum Gasteiger partial charge on any atom is 0.323 e. The van der Waals surface area contributed by atoms with E-state index in [-0.39, 0.29) is 17.4 Å². The first-order valence-corrected chi connectivity index (χ1v) is 6.31. The monoisotopic (exact) mass is 244 g/mol. The third kappa shape index (κ3) is 9.12. The van der Waals surface area contributed by atoms with Gasteiger partial charge in [-0.2, -0.15) is 0 Å². The second-order valence-electron chi connectivity index (χ2n) is 5.83. The van der Waals surface area contributed by atoms with Gasteiger partial charge in [0, 0.05) is 13.1 Å². The lowest BCUT2D eigenvalue weighted by atomic mass is 9.88. The SMILES string of the molecule is CCOC(=O)C(CC(C)(C)C)NCCN(C)C. The molecule has 0 saturated carbocycles. The van der Waals surface area contributed by atoms with Gasteiger partial charge in [-0.05, 0) is 32.9 Å². The number of likely N-dealkylation sites (N-methyl/N-ethyl adjacent to an activating group) is 1. The van der Waals surface area contributed by atoms with E-state index in [1.807, 2.05) is 21.0 Å². The molecule has 0 spiro atoms. The molecule has 0 heterocycles. The molecule has 0 radical (unpaired) electrons. The van der Waals surface area contributed by atoms with E-state index in [4.69, 9.17) is 4.74 Å². The molecular formula is C13H28N2O2. The number of hydrogen-bond donors (Lipinski definition) is 1. The lowest BCUT2D eigenvalue weighted by Crippen LogP contribution is -2.43. The van der Waals surface area contributed by atoms with Crippen LogP contribution in [-0.4, -0.2) is 50.7 Å². The number of carbonyl (C=O) groups excluding carboxylic acids is 1. The quantitative estimate of drug-likeness (QED) is 0.689. The summed E-state index contributed by atoms with van der Waals surface area (Å²) in [6, 6.07) is -0.199. The third-order valence-corrected chi connectivity index (χ3v) is 2.34. The Morgan fingerprint density at radius 2 is 1.94 bits per heavy atom. The zero-order chi connectivity index (χ0) is 13.5.